The molecule has 33 heavy (non-hydrogen) atoms. The molecular weight excluding hydrogens is 446 g/mol. The van der Waals surface area contributed by atoms with Gasteiger partial charge in [0.25, 0.3) is 11.1 Å². The second-order valence-corrected chi connectivity index (χ2v) is 7.84. The van der Waals surface area contributed by atoms with Gasteiger partial charge in [0.1, 0.15) is 16.9 Å². The number of rotatable bonds is 5. The number of halogens is 1. The molecule has 4 aromatic heterocycles. The summed E-state index contributed by atoms with van der Waals surface area (Å²) in [5, 5.41) is 15.0. The van der Waals surface area contributed by atoms with Gasteiger partial charge < -0.3 is 14.4 Å². The Morgan fingerprint density at radius 2 is 1.88 bits per heavy atom. The summed E-state index contributed by atoms with van der Waals surface area (Å²) in [7, 11) is 1.58. The molecule has 9 nitrogen and oxygen atoms in total. The fraction of sp³-hybridized carbons (Fsp3) is 0.130. The van der Waals surface area contributed by atoms with Gasteiger partial charge in [-0.1, -0.05) is 11.6 Å². The fourth-order valence-corrected chi connectivity index (χ4v) is 3.95. The Balaban J connectivity index is 1.60. The number of aromatic nitrogens is 5. The van der Waals surface area contributed by atoms with Crippen LogP contribution in [0.2, 0.25) is 5.02 Å². The lowest BCUT2D eigenvalue weighted by molar-refractivity contribution is 0.283. The standard InChI is InChI=1S/C23H18ClN5O4/c1-33-17-5-2-14(3-6-17)21-18(13-30)22-23(32)27(8-9-29(22)26-21)12-16-10-20(31)28-11-15(24)4-7-19(28)25-16/h2-11,30H,12-13H2,1H3. The molecule has 0 saturated carbocycles. The van der Waals surface area contributed by atoms with Crippen LogP contribution in [0.25, 0.3) is 22.4 Å². The van der Waals surface area contributed by atoms with Gasteiger partial charge >= 0.3 is 0 Å². The zero-order chi connectivity index (χ0) is 23.1. The molecule has 1 aromatic carbocycles. The van der Waals surface area contributed by atoms with Crippen molar-refractivity contribution in [3.63, 3.8) is 0 Å². The molecule has 0 amide bonds. The van der Waals surface area contributed by atoms with Crippen LogP contribution in [-0.2, 0) is 13.2 Å². The van der Waals surface area contributed by atoms with Crippen LogP contribution >= 0.6 is 11.6 Å². The van der Waals surface area contributed by atoms with E-state index in [-0.39, 0.29) is 29.8 Å². The van der Waals surface area contributed by atoms with Crippen LogP contribution < -0.4 is 15.9 Å². The van der Waals surface area contributed by atoms with Gasteiger partial charge in [-0.2, -0.15) is 5.10 Å². The summed E-state index contributed by atoms with van der Waals surface area (Å²) >= 11 is 5.96. The maximum atomic E-state index is 13.3. The lowest BCUT2D eigenvalue weighted by Gasteiger charge is -2.08. The number of methoxy groups -OCH3 is 1. The fourth-order valence-electron chi connectivity index (χ4n) is 3.79. The van der Waals surface area contributed by atoms with Crippen molar-refractivity contribution in [2.45, 2.75) is 13.2 Å². The zero-order valence-corrected chi connectivity index (χ0v) is 18.2. The summed E-state index contributed by atoms with van der Waals surface area (Å²) in [6.45, 7) is -0.280. The largest absolute Gasteiger partial charge is 0.497 e. The van der Waals surface area contributed by atoms with Crippen molar-refractivity contribution in [2.75, 3.05) is 7.11 Å². The van der Waals surface area contributed by atoms with Crippen molar-refractivity contribution < 1.29 is 9.84 Å². The number of fused-ring (bicyclic) bond motifs is 2. The van der Waals surface area contributed by atoms with Gasteiger partial charge in [0.05, 0.1) is 36.7 Å². The van der Waals surface area contributed by atoms with Crippen LogP contribution in [0.3, 0.4) is 0 Å². The number of ether oxygens (including phenoxy) is 1. The van der Waals surface area contributed by atoms with Crippen LogP contribution in [-0.4, -0.2) is 35.8 Å². The highest BCUT2D eigenvalue weighted by Crippen LogP contribution is 2.26. The van der Waals surface area contributed by atoms with E-state index in [1.54, 1.807) is 43.8 Å². The smallest absolute Gasteiger partial charge is 0.277 e. The summed E-state index contributed by atoms with van der Waals surface area (Å²) in [6.07, 6.45) is 4.71. The molecule has 0 atom stereocenters. The minimum atomic E-state index is -0.361. The molecule has 0 spiro atoms. The molecule has 4 heterocycles. The first-order chi connectivity index (χ1) is 16.0. The monoisotopic (exact) mass is 463 g/mol. The average Bonchev–Trinajstić information content (AvgIpc) is 3.21. The molecule has 166 valence electrons. The van der Waals surface area contributed by atoms with E-state index in [0.717, 1.165) is 5.56 Å². The van der Waals surface area contributed by atoms with Crippen molar-refractivity contribution in [1.29, 1.82) is 0 Å². The van der Waals surface area contributed by atoms with E-state index in [2.05, 4.69) is 10.1 Å². The van der Waals surface area contributed by atoms with Gasteiger partial charge in [-0.15, -0.1) is 0 Å². The molecule has 0 bridgehead atoms. The number of aliphatic hydroxyl groups excluding tert-OH is 1. The van der Waals surface area contributed by atoms with E-state index in [9.17, 15) is 14.7 Å². The lowest BCUT2D eigenvalue weighted by Crippen LogP contribution is -2.24. The Labute approximate surface area is 191 Å². The van der Waals surface area contributed by atoms with Gasteiger partial charge in [0.15, 0.2) is 0 Å². The molecule has 0 radical (unpaired) electrons. The molecule has 10 heteroatoms. The van der Waals surface area contributed by atoms with E-state index in [4.69, 9.17) is 16.3 Å². The number of hydrogen-bond donors (Lipinski definition) is 1. The molecule has 0 aliphatic rings. The minimum absolute atomic E-state index is 0.0810. The first-order valence-corrected chi connectivity index (χ1v) is 10.4. The molecule has 1 N–H and O–H groups in total. The second kappa shape index (κ2) is 8.19. The zero-order valence-electron chi connectivity index (χ0n) is 17.5. The summed E-state index contributed by atoms with van der Waals surface area (Å²) in [5.74, 6) is 0.691. The normalized spacial score (nSPS) is 11.4. The molecule has 0 aliphatic carbocycles. The summed E-state index contributed by atoms with van der Waals surface area (Å²) < 4.78 is 9.42. The molecule has 5 rings (SSSR count). The van der Waals surface area contributed by atoms with E-state index in [1.807, 2.05) is 12.1 Å². The van der Waals surface area contributed by atoms with Crippen LogP contribution in [0.4, 0.5) is 0 Å². The van der Waals surface area contributed by atoms with Crippen LogP contribution in [0.1, 0.15) is 11.3 Å². The Morgan fingerprint density at radius 1 is 1.09 bits per heavy atom. The molecular formula is C23H18ClN5O4. The Hall–Kier alpha value is -3.95. The average molecular weight is 464 g/mol. The quantitative estimate of drug-likeness (QED) is 0.429. The van der Waals surface area contributed by atoms with Crippen molar-refractivity contribution in [3.8, 4) is 17.0 Å². The number of aliphatic hydroxyl groups is 1. The van der Waals surface area contributed by atoms with Gasteiger partial charge in [0, 0.05) is 35.8 Å². The van der Waals surface area contributed by atoms with Crippen molar-refractivity contribution in [3.05, 3.63) is 98.0 Å². The number of hydrogen-bond acceptors (Lipinski definition) is 6. The predicted octanol–water partition coefficient (Wildman–Crippen LogP) is 2.37. The number of pyridine rings is 1. The topological polar surface area (TPSA) is 103 Å². The minimum Gasteiger partial charge on any atom is -0.497 e. The lowest BCUT2D eigenvalue weighted by atomic mass is 10.1. The first-order valence-electron chi connectivity index (χ1n) is 10.0. The van der Waals surface area contributed by atoms with Crippen molar-refractivity contribution in [1.82, 2.24) is 23.6 Å². The Morgan fingerprint density at radius 3 is 2.61 bits per heavy atom. The SMILES string of the molecule is COc1ccc(-c2nn3ccn(Cc4cc(=O)n5cc(Cl)ccc5n4)c(=O)c3c2CO)cc1. The van der Waals surface area contributed by atoms with Crippen LogP contribution in [0.15, 0.2) is 70.6 Å². The van der Waals surface area contributed by atoms with Crippen LogP contribution in [0.5, 0.6) is 5.75 Å². The maximum Gasteiger partial charge on any atom is 0.277 e. The van der Waals surface area contributed by atoms with E-state index < -0.39 is 0 Å². The molecule has 0 unspecified atom stereocenters. The summed E-state index contributed by atoms with van der Waals surface area (Å²) in [5.41, 5.74) is 2.13. The summed E-state index contributed by atoms with van der Waals surface area (Å²) in [6, 6.07) is 11.9. The third kappa shape index (κ3) is 3.67. The highest BCUT2D eigenvalue weighted by Gasteiger charge is 2.18. The van der Waals surface area contributed by atoms with E-state index in [0.29, 0.717) is 33.4 Å². The predicted molar refractivity (Wildman–Crippen MR) is 123 cm³/mol. The molecule has 0 saturated heterocycles. The highest BCUT2D eigenvalue weighted by molar-refractivity contribution is 6.30. The molecule has 5 aromatic rings. The van der Waals surface area contributed by atoms with Gasteiger partial charge in [-0.3, -0.25) is 14.0 Å². The maximum absolute atomic E-state index is 13.3. The third-order valence-electron chi connectivity index (χ3n) is 5.39. The van der Waals surface area contributed by atoms with Gasteiger partial charge in [-0.05, 0) is 36.4 Å². The number of nitrogens with zero attached hydrogens (tertiary/aromatic N) is 5. The Bertz CT molecular complexity index is 1620. The molecule has 0 aliphatic heterocycles. The molecule has 0 fully saturated rings. The second-order valence-electron chi connectivity index (χ2n) is 7.40. The first kappa shape index (κ1) is 20.9. The van der Waals surface area contributed by atoms with E-state index >= 15 is 0 Å². The van der Waals surface area contributed by atoms with Crippen molar-refractivity contribution in [2.24, 2.45) is 0 Å². The van der Waals surface area contributed by atoms with Gasteiger partial charge in [-0.25, -0.2) is 9.50 Å². The number of benzene rings is 1. The highest BCUT2D eigenvalue weighted by atomic mass is 35.5. The van der Waals surface area contributed by atoms with E-state index in [1.165, 1.54) is 25.7 Å². The van der Waals surface area contributed by atoms with Crippen LogP contribution in [0, 0.1) is 0 Å². The third-order valence-corrected chi connectivity index (χ3v) is 5.61. The van der Waals surface area contributed by atoms with Gasteiger partial charge in [0.2, 0.25) is 0 Å². The Kier molecular flexibility index (Phi) is 5.20. The van der Waals surface area contributed by atoms with Crippen molar-refractivity contribution >= 4 is 22.8 Å². The summed E-state index contributed by atoms with van der Waals surface area (Å²) in [4.78, 5) is 30.2.